The highest BCUT2D eigenvalue weighted by molar-refractivity contribution is 5.62. The highest BCUT2D eigenvalue weighted by Gasteiger charge is 2.28. The first-order valence-corrected chi connectivity index (χ1v) is 12.2. The molecule has 4 N–H and O–H groups in total. The van der Waals surface area contributed by atoms with Gasteiger partial charge in [-0.15, -0.1) is 0 Å². The van der Waals surface area contributed by atoms with Gasteiger partial charge in [0, 0.05) is 61.9 Å². The third-order valence-electron chi connectivity index (χ3n) is 6.60. The van der Waals surface area contributed by atoms with Crippen molar-refractivity contribution in [2.75, 3.05) is 27.4 Å². The lowest BCUT2D eigenvalue weighted by atomic mass is 9.99. The molecule has 1 aliphatic heterocycles. The molecule has 35 heavy (non-hydrogen) atoms. The molecule has 5 atom stereocenters. The summed E-state index contributed by atoms with van der Waals surface area (Å²) in [6, 6.07) is 11.6. The topological polar surface area (TPSA) is 92.9 Å². The average molecular weight is 487 g/mol. The van der Waals surface area contributed by atoms with Crippen LogP contribution < -0.4 is 11.1 Å². The third-order valence-corrected chi connectivity index (χ3v) is 6.60. The minimum absolute atomic E-state index is 0.0275. The van der Waals surface area contributed by atoms with Crippen LogP contribution in [0.2, 0.25) is 0 Å². The zero-order chi connectivity index (χ0) is 25.4. The van der Waals surface area contributed by atoms with E-state index in [0.717, 1.165) is 35.3 Å². The lowest BCUT2D eigenvalue weighted by Crippen LogP contribution is -2.43. The highest BCUT2D eigenvalue weighted by atomic mass is 19.1. The Morgan fingerprint density at radius 1 is 1.29 bits per heavy atom. The molecule has 0 bridgehead atoms. The summed E-state index contributed by atoms with van der Waals surface area (Å²) in [5.41, 5.74) is 10.8. The Balaban J connectivity index is 1.56. The number of rotatable bonds is 11. The van der Waals surface area contributed by atoms with Crippen molar-refractivity contribution in [2.24, 2.45) is 5.73 Å². The van der Waals surface area contributed by atoms with Crippen LogP contribution >= 0.6 is 0 Å². The molecule has 0 spiro atoms. The van der Waals surface area contributed by atoms with Crippen LogP contribution in [0.3, 0.4) is 0 Å². The minimum atomic E-state index is -0.723. The fraction of sp³-hybridized carbons (Fsp3) is 0.519. The van der Waals surface area contributed by atoms with Crippen LogP contribution in [-0.4, -0.2) is 66.8 Å². The molecule has 8 heteroatoms. The van der Waals surface area contributed by atoms with Crippen LogP contribution in [0.15, 0.2) is 54.5 Å². The predicted molar refractivity (Wildman–Crippen MR) is 136 cm³/mol. The molecule has 3 rings (SSSR count). The van der Waals surface area contributed by atoms with Crippen molar-refractivity contribution >= 4 is 0 Å². The Hall–Kier alpha value is -2.52. The summed E-state index contributed by atoms with van der Waals surface area (Å²) in [7, 11) is 3.61. The first kappa shape index (κ1) is 27.1. The fourth-order valence-corrected chi connectivity index (χ4v) is 4.47. The summed E-state index contributed by atoms with van der Waals surface area (Å²) in [4.78, 5) is 6.54. The molecule has 0 radical (unpaired) electrons. The molecule has 0 amide bonds. The van der Waals surface area contributed by atoms with Crippen molar-refractivity contribution in [1.82, 2.24) is 15.2 Å². The number of methoxy groups -OCH3 is 1. The summed E-state index contributed by atoms with van der Waals surface area (Å²) in [5, 5.41) is 13.0. The number of aliphatic hydroxyl groups excluding tert-OH is 1. The first-order chi connectivity index (χ1) is 16.8. The van der Waals surface area contributed by atoms with Crippen molar-refractivity contribution in [3.05, 3.63) is 65.7 Å². The number of nitrogens with two attached hydrogens (primary N) is 1. The molecule has 0 aliphatic carbocycles. The Kier molecular flexibility index (Phi) is 10.0. The number of hydrogen-bond donors (Lipinski definition) is 3. The molecule has 0 unspecified atom stereocenters. The summed E-state index contributed by atoms with van der Waals surface area (Å²) in [6.07, 6.45) is 4.44. The summed E-state index contributed by atoms with van der Waals surface area (Å²) in [6.45, 7) is 4.05. The molecular weight excluding hydrogens is 447 g/mol. The Morgan fingerprint density at radius 2 is 2.00 bits per heavy atom. The van der Waals surface area contributed by atoms with Gasteiger partial charge in [-0.05, 0) is 44.5 Å². The second-order valence-electron chi connectivity index (χ2n) is 9.37. The quantitative estimate of drug-likeness (QED) is 0.446. The molecular formula is C27H39FN4O3. The predicted octanol–water partition coefficient (Wildman–Crippen LogP) is 3.68. The minimum Gasteiger partial charge on any atom is -0.401 e. The zero-order valence-electron chi connectivity index (χ0n) is 21.2. The van der Waals surface area contributed by atoms with Crippen molar-refractivity contribution in [1.29, 1.82) is 0 Å². The second kappa shape index (κ2) is 13.0. The van der Waals surface area contributed by atoms with Gasteiger partial charge < -0.3 is 30.5 Å². The molecule has 2 heterocycles. The molecule has 1 aromatic heterocycles. The van der Waals surface area contributed by atoms with E-state index in [2.05, 4.69) is 15.2 Å². The van der Waals surface area contributed by atoms with E-state index in [4.69, 9.17) is 15.2 Å². The van der Waals surface area contributed by atoms with Crippen molar-refractivity contribution in [3.8, 4) is 11.1 Å². The maximum absolute atomic E-state index is 14.0. The number of halogens is 1. The normalized spacial score (nSPS) is 22.7. The van der Waals surface area contributed by atoms with E-state index in [0.29, 0.717) is 18.5 Å². The van der Waals surface area contributed by atoms with Crippen LogP contribution in [0.25, 0.3) is 11.1 Å². The molecule has 1 saturated heterocycles. The molecule has 7 nitrogen and oxygen atoms in total. The van der Waals surface area contributed by atoms with Crippen molar-refractivity contribution in [3.63, 3.8) is 0 Å². The van der Waals surface area contributed by atoms with Crippen molar-refractivity contribution in [2.45, 2.75) is 63.7 Å². The zero-order valence-corrected chi connectivity index (χ0v) is 21.2. The number of nitrogens with zero attached hydrogens (tertiary/aromatic N) is 2. The van der Waals surface area contributed by atoms with Crippen molar-refractivity contribution < 1.29 is 19.0 Å². The average Bonchev–Trinajstić information content (AvgIpc) is 2.85. The maximum atomic E-state index is 14.0. The van der Waals surface area contributed by atoms with E-state index in [-0.39, 0.29) is 12.1 Å². The van der Waals surface area contributed by atoms with Gasteiger partial charge >= 0.3 is 0 Å². The van der Waals surface area contributed by atoms with E-state index >= 15 is 0 Å². The van der Waals surface area contributed by atoms with Crippen LogP contribution in [-0.2, 0) is 9.47 Å². The number of hydrogen-bond acceptors (Lipinski definition) is 7. The summed E-state index contributed by atoms with van der Waals surface area (Å²) >= 11 is 0. The van der Waals surface area contributed by atoms with Gasteiger partial charge in [0.05, 0.1) is 12.1 Å². The fourth-order valence-electron chi connectivity index (χ4n) is 4.47. The third kappa shape index (κ3) is 7.73. The van der Waals surface area contributed by atoms with Gasteiger partial charge in [0.2, 0.25) is 0 Å². The molecule has 192 valence electrons. The van der Waals surface area contributed by atoms with E-state index in [1.54, 1.807) is 13.3 Å². The van der Waals surface area contributed by atoms with Gasteiger partial charge in [-0.2, -0.15) is 0 Å². The maximum Gasteiger partial charge on any atom is 0.156 e. The smallest absolute Gasteiger partial charge is 0.156 e. The van der Waals surface area contributed by atoms with Crippen LogP contribution in [0.1, 0.15) is 43.5 Å². The first-order valence-electron chi connectivity index (χ1n) is 12.2. The largest absolute Gasteiger partial charge is 0.401 e. The van der Waals surface area contributed by atoms with Crippen LogP contribution in [0.5, 0.6) is 0 Å². The monoisotopic (exact) mass is 486 g/mol. The molecule has 1 fully saturated rings. The lowest BCUT2D eigenvalue weighted by Gasteiger charge is -2.36. The van der Waals surface area contributed by atoms with Crippen LogP contribution in [0, 0.1) is 6.92 Å². The number of aromatic nitrogens is 1. The Bertz CT molecular complexity index is 928. The summed E-state index contributed by atoms with van der Waals surface area (Å²) in [5.74, 6) is 0. The number of ether oxygens (including phenoxy) is 2. The second-order valence-corrected chi connectivity index (χ2v) is 9.37. The Labute approximate surface area is 208 Å². The molecule has 2 aromatic rings. The van der Waals surface area contributed by atoms with Crippen LogP contribution in [0.4, 0.5) is 4.39 Å². The van der Waals surface area contributed by atoms with E-state index in [1.807, 2.05) is 63.5 Å². The van der Waals surface area contributed by atoms with Gasteiger partial charge in [0.1, 0.15) is 12.8 Å². The number of alkyl halides is 1. The van der Waals surface area contributed by atoms with E-state index in [1.165, 1.54) is 0 Å². The number of nitrogens with one attached hydrogen (secondary N) is 1. The van der Waals surface area contributed by atoms with Gasteiger partial charge in [-0.3, -0.25) is 4.98 Å². The number of aliphatic hydroxyl groups is 1. The SMILES string of the molecule is CO[C@H](c1ccc(-c2ccc(C)nc2)cc1)[C@@H](CF)N/C=C(\N)CCN(C)[C@H]1C[C@@H](C)O[C@@H](O)C1. The van der Waals surface area contributed by atoms with Gasteiger partial charge in [-0.25, -0.2) is 4.39 Å². The molecule has 1 aliphatic rings. The molecule has 0 saturated carbocycles. The van der Waals surface area contributed by atoms with E-state index in [9.17, 15) is 9.50 Å². The lowest BCUT2D eigenvalue weighted by molar-refractivity contribution is -0.173. The van der Waals surface area contributed by atoms with Gasteiger partial charge in [0.25, 0.3) is 0 Å². The van der Waals surface area contributed by atoms with Gasteiger partial charge in [-0.1, -0.05) is 30.3 Å². The summed E-state index contributed by atoms with van der Waals surface area (Å²) < 4.78 is 25.0. The van der Waals surface area contributed by atoms with E-state index < -0.39 is 25.1 Å². The number of benzene rings is 1. The van der Waals surface area contributed by atoms with Gasteiger partial charge in [0.15, 0.2) is 6.29 Å². The number of pyridine rings is 1. The molecule has 1 aromatic carbocycles. The Morgan fingerprint density at radius 3 is 2.60 bits per heavy atom. The number of aryl methyl sites for hydroxylation is 1. The standard InChI is InChI=1S/C27H39FN4O3/c1-18-5-6-22(16-30-18)20-7-9-21(10-8-20)27(34-4)25(15-28)31-17-23(29)11-12-32(3)24-13-19(2)35-26(33)14-24/h5-10,16-17,19,24-27,31,33H,11-15,29H2,1-4H3/b23-17-/t19-,24+,25-,26-,27-/m1/s1. The highest BCUT2D eigenvalue weighted by Crippen LogP contribution is 2.26.